The first-order valence-electron chi connectivity index (χ1n) is 4.45. The average Bonchev–Trinajstić information content (AvgIpc) is 2.26. The van der Waals surface area contributed by atoms with Crippen LogP contribution < -0.4 is 14.8 Å². The Morgan fingerprint density at radius 1 is 1.40 bits per heavy atom. The van der Waals surface area contributed by atoms with Crippen LogP contribution in [0, 0.1) is 6.92 Å². The van der Waals surface area contributed by atoms with Gasteiger partial charge in [-0.3, -0.25) is 4.79 Å². The third-order valence-electron chi connectivity index (χ3n) is 2.02. The second-order valence-electron chi connectivity index (χ2n) is 2.91. The Kier molecular flexibility index (Phi) is 3.49. The number of nitrogens with zero attached hydrogens (tertiary/aromatic N) is 1. The third-order valence-corrected chi connectivity index (χ3v) is 2.02. The van der Waals surface area contributed by atoms with Crippen LogP contribution in [0.3, 0.4) is 0 Å². The molecule has 0 spiro atoms. The third kappa shape index (κ3) is 2.18. The largest absolute Gasteiger partial charge is 0.496 e. The molecule has 1 amide bonds. The normalized spacial score (nSPS) is 9.60. The van der Waals surface area contributed by atoms with Crippen LogP contribution >= 0.6 is 0 Å². The van der Waals surface area contributed by atoms with Gasteiger partial charge >= 0.3 is 0 Å². The van der Waals surface area contributed by atoms with E-state index < -0.39 is 0 Å². The van der Waals surface area contributed by atoms with Crippen LogP contribution in [-0.2, 0) is 0 Å². The zero-order valence-corrected chi connectivity index (χ0v) is 9.25. The number of pyridine rings is 1. The first kappa shape index (κ1) is 11.3. The van der Waals surface area contributed by atoms with Gasteiger partial charge in [0, 0.05) is 13.1 Å². The number of carbonyl (C=O) groups excluding carboxylic acids is 1. The molecule has 0 aliphatic rings. The van der Waals surface area contributed by atoms with Gasteiger partial charge in [0.05, 0.1) is 19.9 Å². The van der Waals surface area contributed by atoms with Gasteiger partial charge in [0.1, 0.15) is 11.3 Å². The van der Waals surface area contributed by atoms with Crippen molar-refractivity contribution in [3.8, 4) is 11.6 Å². The Balaban J connectivity index is 3.30. The highest BCUT2D eigenvalue weighted by atomic mass is 16.5. The van der Waals surface area contributed by atoms with Crippen molar-refractivity contribution in [2.75, 3.05) is 21.3 Å². The maximum Gasteiger partial charge on any atom is 0.256 e. The summed E-state index contributed by atoms with van der Waals surface area (Å²) < 4.78 is 10.1. The zero-order valence-electron chi connectivity index (χ0n) is 9.25. The minimum Gasteiger partial charge on any atom is -0.496 e. The predicted octanol–water partition coefficient (Wildman–Crippen LogP) is 0.767. The van der Waals surface area contributed by atoms with E-state index in [1.54, 1.807) is 20.0 Å². The Morgan fingerprint density at radius 2 is 2.07 bits per heavy atom. The molecule has 5 heteroatoms. The molecule has 1 N–H and O–H groups in total. The first-order valence-corrected chi connectivity index (χ1v) is 4.45. The number of methoxy groups -OCH3 is 2. The molecule has 82 valence electrons. The van der Waals surface area contributed by atoms with E-state index in [0.717, 1.165) is 0 Å². The van der Waals surface area contributed by atoms with E-state index in [4.69, 9.17) is 9.47 Å². The number of hydrogen-bond donors (Lipinski definition) is 1. The SMILES string of the molecule is CNC(=O)c1c(OC)cc(OC)nc1C. The molecule has 15 heavy (non-hydrogen) atoms. The Labute approximate surface area is 88.4 Å². The second-order valence-corrected chi connectivity index (χ2v) is 2.91. The fourth-order valence-electron chi connectivity index (χ4n) is 1.28. The summed E-state index contributed by atoms with van der Waals surface area (Å²) in [5.41, 5.74) is 1.01. The summed E-state index contributed by atoms with van der Waals surface area (Å²) in [5.74, 6) is 0.662. The number of amides is 1. The summed E-state index contributed by atoms with van der Waals surface area (Å²) in [7, 11) is 4.58. The van der Waals surface area contributed by atoms with E-state index in [9.17, 15) is 4.79 Å². The van der Waals surface area contributed by atoms with Crippen molar-refractivity contribution >= 4 is 5.91 Å². The molecule has 0 saturated heterocycles. The molecule has 0 saturated carbocycles. The zero-order chi connectivity index (χ0) is 11.4. The number of carbonyl (C=O) groups is 1. The Morgan fingerprint density at radius 3 is 2.53 bits per heavy atom. The van der Waals surface area contributed by atoms with Crippen LogP contribution in [0.4, 0.5) is 0 Å². The van der Waals surface area contributed by atoms with Gasteiger partial charge in [0.25, 0.3) is 5.91 Å². The summed E-state index contributed by atoms with van der Waals surface area (Å²) in [6.45, 7) is 1.73. The number of hydrogen-bond acceptors (Lipinski definition) is 4. The number of ether oxygens (including phenoxy) is 2. The van der Waals surface area contributed by atoms with Crippen molar-refractivity contribution in [2.24, 2.45) is 0 Å². The molecule has 0 aliphatic heterocycles. The van der Waals surface area contributed by atoms with Crippen molar-refractivity contribution in [3.05, 3.63) is 17.3 Å². The number of aromatic nitrogens is 1. The van der Waals surface area contributed by atoms with Gasteiger partial charge in [-0.25, -0.2) is 4.98 Å². The lowest BCUT2D eigenvalue weighted by molar-refractivity contribution is 0.0959. The van der Waals surface area contributed by atoms with E-state index in [2.05, 4.69) is 10.3 Å². The molecular weight excluding hydrogens is 196 g/mol. The highest BCUT2D eigenvalue weighted by molar-refractivity contribution is 5.97. The van der Waals surface area contributed by atoms with Crippen LogP contribution in [0.5, 0.6) is 11.6 Å². The molecule has 0 aromatic carbocycles. The highest BCUT2D eigenvalue weighted by Gasteiger charge is 2.16. The lowest BCUT2D eigenvalue weighted by atomic mass is 10.1. The molecule has 0 radical (unpaired) electrons. The summed E-state index contributed by atoms with van der Waals surface area (Å²) >= 11 is 0. The molecule has 1 heterocycles. The van der Waals surface area contributed by atoms with E-state index in [-0.39, 0.29) is 5.91 Å². The van der Waals surface area contributed by atoms with Crippen molar-refractivity contribution in [2.45, 2.75) is 6.92 Å². The van der Waals surface area contributed by atoms with Crippen LogP contribution in [-0.4, -0.2) is 32.2 Å². The summed E-state index contributed by atoms with van der Waals surface area (Å²) in [4.78, 5) is 15.6. The van der Waals surface area contributed by atoms with Crippen molar-refractivity contribution in [3.63, 3.8) is 0 Å². The van der Waals surface area contributed by atoms with E-state index in [1.165, 1.54) is 14.2 Å². The second kappa shape index (κ2) is 4.63. The smallest absolute Gasteiger partial charge is 0.256 e. The summed E-state index contributed by atoms with van der Waals surface area (Å²) in [5, 5.41) is 2.53. The molecular formula is C10H14N2O3. The standard InChI is InChI=1S/C10H14N2O3/c1-6-9(10(13)11-2)7(14-3)5-8(12-6)15-4/h5H,1-4H3,(H,11,13). The monoisotopic (exact) mass is 210 g/mol. The lowest BCUT2D eigenvalue weighted by Crippen LogP contribution is -2.20. The fourth-order valence-corrected chi connectivity index (χ4v) is 1.28. The van der Waals surface area contributed by atoms with Crippen molar-refractivity contribution < 1.29 is 14.3 Å². The minimum atomic E-state index is -0.223. The van der Waals surface area contributed by atoms with Gasteiger partial charge in [-0.2, -0.15) is 0 Å². The fraction of sp³-hybridized carbons (Fsp3) is 0.400. The van der Waals surface area contributed by atoms with E-state index in [0.29, 0.717) is 22.9 Å². The molecule has 0 aliphatic carbocycles. The maximum absolute atomic E-state index is 11.5. The molecule has 0 atom stereocenters. The van der Waals surface area contributed by atoms with Crippen molar-refractivity contribution in [1.82, 2.24) is 10.3 Å². The van der Waals surface area contributed by atoms with Crippen LogP contribution in [0.15, 0.2) is 6.07 Å². The van der Waals surface area contributed by atoms with E-state index in [1.807, 2.05) is 0 Å². The topological polar surface area (TPSA) is 60.5 Å². The number of rotatable bonds is 3. The van der Waals surface area contributed by atoms with Crippen LogP contribution in [0.1, 0.15) is 16.1 Å². The number of nitrogens with one attached hydrogen (secondary N) is 1. The quantitative estimate of drug-likeness (QED) is 0.800. The summed E-state index contributed by atoms with van der Waals surface area (Å²) in [6, 6.07) is 1.58. The predicted molar refractivity (Wildman–Crippen MR) is 55.5 cm³/mol. The Hall–Kier alpha value is -1.78. The van der Waals surface area contributed by atoms with Gasteiger partial charge in [0.2, 0.25) is 5.88 Å². The molecule has 5 nitrogen and oxygen atoms in total. The number of aryl methyl sites for hydroxylation is 1. The van der Waals surface area contributed by atoms with Gasteiger partial charge in [0.15, 0.2) is 0 Å². The lowest BCUT2D eigenvalue weighted by Gasteiger charge is -2.11. The van der Waals surface area contributed by atoms with Crippen molar-refractivity contribution in [1.29, 1.82) is 0 Å². The maximum atomic E-state index is 11.5. The Bertz CT molecular complexity index is 377. The van der Waals surface area contributed by atoms with Gasteiger partial charge in [-0.1, -0.05) is 0 Å². The van der Waals surface area contributed by atoms with Gasteiger partial charge in [-0.05, 0) is 6.92 Å². The first-order chi connectivity index (χ1) is 7.13. The molecule has 0 fully saturated rings. The highest BCUT2D eigenvalue weighted by Crippen LogP contribution is 2.25. The van der Waals surface area contributed by atoms with Gasteiger partial charge in [-0.15, -0.1) is 0 Å². The van der Waals surface area contributed by atoms with Crippen LogP contribution in [0.25, 0.3) is 0 Å². The molecule has 0 bridgehead atoms. The van der Waals surface area contributed by atoms with Gasteiger partial charge < -0.3 is 14.8 Å². The van der Waals surface area contributed by atoms with Crippen LogP contribution in [0.2, 0.25) is 0 Å². The molecule has 0 unspecified atom stereocenters. The summed E-state index contributed by atoms with van der Waals surface area (Å²) in [6.07, 6.45) is 0. The molecule has 1 rings (SSSR count). The molecule has 1 aromatic heterocycles. The van der Waals surface area contributed by atoms with E-state index >= 15 is 0 Å². The average molecular weight is 210 g/mol. The molecule has 1 aromatic rings. The minimum absolute atomic E-state index is 0.223.